The van der Waals surface area contributed by atoms with Crippen molar-refractivity contribution >= 4 is 23.4 Å². The van der Waals surface area contributed by atoms with Crippen LogP contribution in [-0.2, 0) is 4.79 Å². The van der Waals surface area contributed by atoms with Crippen LogP contribution in [0.1, 0.15) is 33.8 Å². The zero-order valence-electron chi connectivity index (χ0n) is 15.5. The van der Waals surface area contributed by atoms with E-state index in [0.29, 0.717) is 42.9 Å². The van der Waals surface area contributed by atoms with Gasteiger partial charge in [0, 0.05) is 33.1 Å². The van der Waals surface area contributed by atoms with Gasteiger partial charge in [0.1, 0.15) is 0 Å². The minimum absolute atomic E-state index is 0.126. The zero-order valence-corrected chi connectivity index (χ0v) is 15.5. The lowest BCUT2D eigenvalue weighted by atomic mass is 9.95. The Morgan fingerprint density at radius 3 is 2.41 bits per heavy atom. The number of likely N-dealkylation sites (tertiary alicyclic amines) is 1. The van der Waals surface area contributed by atoms with E-state index in [1.165, 1.54) is 11.2 Å². The molecule has 27 heavy (non-hydrogen) atoms. The second kappa shape index (κ2) is 8.07. The van der Waals surface area contributed by atoms with Crippen molar-refractivity contribution in [2.75, 3.05) is 32.5 Å². The number of furan rings is 1. The minimum atomic E-state index is -0.201. The molecule has 1 aromatic heterocycles. The van der Waals surface area contributed by atoms with Crippen LogP contribution in [0.3, 0.4) is 0 Å². The molecular formula is C20H23N3O4. The van der Waals surface area contributed by atoms with Gasteiger partial charge < -0.3 is 19.5 Å². The molecule has 0 radical (unpaired) electrons. The van der Waals surface area contributed by atoms with Gasteiger partial charge >= 0.3 is 0 Å². The Balaban J connectivity index is 1.61. The SMILES string of the molecule is CN(C)C(=O)c1ccccc1NC(=O)C1CCN(C(=O)c2ccco2)CC1. The van der Waals surface area contributed by atoms with Gasteiger partial charge in [0.2, 0.25) is 5.91 Å². The Morgan fingerprint density at radius 1 is 1.07 bits per heavy atom. The van der Waals surface area contributed by atoms with Crippen molar-refractivity contribution in [3.63, 3.8) is 0 Å². The molecule has 1 fully saturated rings. The molecule has 2 heterocycles. The van der Waals surface area contributed by atoms with Gasteiger partial charge in [-0.3, -0.25) is 14.4 Å². The number of anilines is 1. The second-order valence-electron chi connectivity index (χ2n) is 6.78. The molecule has 0 atom stereocenters. The molecule has 7 heteroatoms. The Bertz CT molecular complexity index is 822. The molecule has 1 aliphatic heterocycles. The van der Waals surface area contributed by atoms with Crippen LogP contribution in [-0.4, -0.2) is 54.7 Å². The number of carbonyl (C=O) groups is 3. The fourth-order valence-corrected chi connectivity index (χ4v) is 3.16. The summed E-state index contributed by atoms with van der Waals surface area (Å²) in [7, 11) is 3.35. The van der Waals surface area contributed by atoms with Crippen molar-refractivity contribution in [2.45, 2.75) is 12.8 Å². The van der Waals surface area contributed by atoms with E-state index < -0.39 is 0 Å². The lowest BCUT2D eigenvalue weighted by Crippen LogP contribution is -2.41. The van der Waals surface area contributed by atoms with Crippen LogP contribution >= 0.6 is 0 Å². The van der Waals surface area contributed by atoms with Crippen molar-refractivity contribution in [2.24, 2.45) is 5.92 Å². The average Bonchev–Trinajstić information content (AvgIpc) is 3.22. The number of piperidine rings is 1. The first-order chi connectivity index (χ1) is 13.0. The van der Waals surface area contributed by atoms with E-state index in [4.69, 9.17) is 4.42 Å². The molecule has 0 saturated carbocycles. The van der Waals surface area contributed by atoms with Crippen molar-refractivity contribution in [3.05, 3.63) is 54.0 Å². The van der Waals surface area contributed by atoms with E-state index in [1.807, 2.05) is 0 Å². The monoisotopic (exact) mass is 369 g/mol. The first-order valence-electron chi connectivity index (χ1n) is 8.91. The predicted molar refractivity (Wildman–Crippen MR) is 100 cm³/mol. The van der Waals surface area contributed by atoms with E-state index in [-0.39, 0.29) is 23.6 Å². The maximum absolute atomic E-state index is 12.7. The molecule has 7 nitrogen and oxygen atoms in total. The highest BCUT2D eigenvalue weighted by molar-refractivity contribution is 6.04. The zero-order chi connectivity index (χ0) is 19.4. The standard InChI is InChI=1S/C20H23N3O4/c1-22(2)19(25)15-6-3-4-7-16(15)21-18(24)14-9-11-23(12-10-14)20(26)17-8-5-13-27-17/h3-8,13-14H,9-12H2,1-2H3,(H,21,24). The molecular weight excluding hydrogens is 346 g/mol. The molecule has 1 aromatic carbocycles. The summed E-state index contributed by atoms with van der Waals surface area (Å²) in [5, 5.41) is 2.88. The number of para-hydroxylation sites is 1. The van der Waals surface area contributed by atoms with Crippen LogP contribution in [0.25, 0.3) is 0 Å². The Kier molecular flexibility index (Phi) is 5.59. The van der Waals surface area contributed by atoms with Gasteiger partial charge in [-0.15, -0.1) is 0 Å². The summed E-state index contributed by atoms with van der Waals surface area (Å²) in [6.45, 7) is 0.992. The van der Waals surface area contributed by atoms with Crippen LogP contribution in [0.4, 0.5) is 5.69 Å². The maximum Gasteiger partial charge on any atom is 0.289 e. The molecule has 1 saturated heterocycles. The van der Waals surface area contributed by atoms with Gasteiger partial charge in [0.05, 0.1) is 17.5 Å². The quantitative estimate of drug-likeness (QED) is 0.897. The van der Waals surface area contributed by atoms with E-state index in [1.54, 1.807) is 55.4 Å². The van der Waals surface area contributed by atoms with Crippen molar-refractivity contribution < 1.29 is 18.8 Å². The highest BCUT2D eigenvalue weighted by Gasteiger charge is 2.29. The van der Waals surface area contributed by atoms with E-state index >= 15 is 0 Å². The summed E-state index contributed by atoms with van der Waals surface area (Å²) < 4.78 is 5.15. The van der Waals surface area contributed by atoms with E-state index in [2.05, 4.69) is 5.32 Å². The number of hydrogen-bond acceptors (Lipinski definition) is 4. The molecule has 0 spiro atoms. The third-order valence-corrected chi connectivity index (χ3v) is 4.71. The molecule has 1 N–H and O–H groups in total. The maximum atomic E-state index is 12.7. The number of carbonyl (C=O) groups excluding carboxylic acids is 3. The van der Waals surface area contributed by atoms with Gasteiger partial charge in [-0.25, -0.2) is 0 Å². The molecule has 0 unspecified atom stereocenters. The molecule has 3 rings (SSSR count). The normalized spacial score (nSPS) is 14.7. The van der Waals surface area contributed by atoms with Crippen LogP contribution in [0.15, 0.2) is 47.1 Å². The van der Waals surface area contributed by atoms with Gasteiger partial charge in [0.15, 0.2) is 5.76 Å². The summed E-state index contributed by atoms with van der Waals surface area (Å²) in [4.78, 5) is 40.4. The predicted octanol–water partition coefficient (Wildman–Crippen LogP) is 2.47. The van der Waals surface area contributed by atoms with Crippen LogP contribution in [0.5, 0.6) is 0 Å². The highest BCUT2D eigenvalue weighted by Crippen LogP contribution is 2.23. The minimum Gasteiger partial charge on any atom is -0.459 e. The van der Waals surface area contributed by atoms with Crippen LogP contribution < -0.4 is 5.32 Å². The first kappa shape index (κ1) is 18.7. The Hall–Kier alpha value is -3.09. The Labute approximate surface area is 157 Å². The fourth-order valence-electron chi connectivity index (χ4n) is 3.16. The van der Waals surface area contributed by atoms with Crippen LogP contribution in [0, 0.1) is 5.92 Å². The van der Waals surface area contributed by atoms with Gasteiger partial charge in [0.25, 0.3) is 11.8 Å². The lowest BCUT2D eigenvalue weighted by Gasteiger charge is -2.31. The molecule has 142 valence electrons. The van der Waals surface area contributed by atoms with E-state index in [0.717, 1.165) is 0 Å². The summed E-state index contributed by atoms with van der Waals surface area (Å²) in [5.41, 5.74) is 0.969. The van der Waals surface area contributed by atoms with Gasteiger partial charge in [-0.05, 0) is 37.1 Å². The van der Waals surface area contributed by atoms with Gasteiger partial charge in [-0.2, -0.15) is 0 Å². The van der Waals surface area contributed by atoms with Gasteiger partial charge in [-0.1, -0.05) is 12.1 Å². The third-order valence-electron chi connectivity index (χ3n) is 4.71. The second-order valence-corrected chi connectivity index (χ2v) is 6.78. The number of nitrogens with one attached hydrogen (secondary N) is 1. The topological polar surface area (TPSA) is 82.9 Å². The summed E-state index contributed by atoms with van der Waals surface area (Å²) in [6.07, 6.45) is 2.62. The fraction of sp³-hybridized carbons (Fsp3) is 0.350. The number of rotatable bonds is 4. The average molecular weight is 369 g/mol. The highest BCUT2D eigenvalue weighted by atomic mass is 16.3. The molecule has 1 aliphatic rings. The smallest absolute Gasteiger partial charge is 0.289 e. The first-order valence-corrected chi connectivity index (χ1v) is 8.91. The van der Waals surface area contributed by atoms with E-state index in [9.17, 15) is 14.4 Å². The van der Waals surface area contributed by atoms with Crippen molar-refractivity contribution in [1.82, 2.24) is 9.80 Å². The molecule has 0 bridgehead atoms. The Morgan fingerprint density at radius 2 is 1.78 bits per heavy atom. The molecule has 2 aromatic rings. The molecule has 0 aliphatic carbocycles. The van der Waals surface area contributed by atoms with Crippen molar-refractivity contribution in [1.29, 1.82) is 0 Å². The molecule has 3 amide bonds. The summed E-state index contributed by atoms with van der Waals surface area (Å²) >= 11 is 0. The summed E-state index contributed by atoms with van der Waals surface area (Å²) in [6, 6.07) is 10.3. The number of amides is 3. The number of benzene rings is 1. The van der Waals surface area contributed by atoms with Crippen molar-refractivity contribution in [3.8, 4) is 0 Å². The number of nitrogens with zero attached hydrogens (tertiary/aromatic N) is 2. The largest absolute Gasteiger partial charge is 0.459 e. The number of hydrogen-bond donors (Lipinski definition) is 1. The van der Waals surface area contributed by atoms with Crippen LogP contribution in [0.2, 0.25) is 0 Å². The lowest BCUT2D eigenvalue weighted by molar-refractivity contribution is -0.121. The summed E-state index contributed by atoms with van der Waals surface area (Å²) in [5.74, 6) is -0.327. The third kappa shape index (κ3) is 4.19.